The summed E-state index contributed by atoms with van der Waals surface area (Å²) >= 11 is 8.79. The molecule has 2 aliphatic heterocycles. The van der Waals surface area contributed by atoms with E-state index < -0.39 is 0 Å². The summed E-state index contributed by atoms with van der Waals surface area (Å²) < 4.78 is 1.17. The highest BCUT2D eigenvalue weighted by molar-refractivity contribution is 14.1. The normalized spacial score (nSPS) is 22.4. The third-order valence-corrected chi connectivity index (χ3v) is 6.58. The van der Waals surface area contributed by atoms with Gasteiger partial charge in [-0.25, -0.2) is 5.01 Å². The molecule has 2 aromatic rings. The molecular formula is C22H24ClIN4O. The molecule has 2 heterocycles. The molecular weight excluding hydrogens is 499 g/mol. The number of para-hydroxylation sites is 1. The second-order valence-corrected chi connectivity index (χ2v) is 9.21. The number of anilines is 1. The summed E-state index contributed by atoms with van der Waals surface area (Å²) in [5, 5.41) is 9.31. The summed E-state index contributed by atoms with van der Waals surface area (Å²) in [6, 6.07) is 15.9. The molecule has 0 spiro atoms. The number of nitrogens with zero attached hydrogens (tertiary/aromatic N) is 3. The first-order valence-electron chi connectivity index (χ1n) is 9.98. The minimum absolute atomic E-state index is 0.0730. The van der Waals surface area contributed by atoms with E-state index in [-0.39, 0.29) is 17.9 Å². The number of amides is 1. The van der Waals surface area contributed by atoms with Gasteiger partial charge in [0.25, 0.3) is 5.91 Å². The Labute approximate surface area is 190 Å². The summed E-state index contributed by atoms with van der Waals surface area (Å²) in [5.41, 5.74) is 5.53. The number of rotatable bonds is 4. The molecule has 29 heavy (non-hydrogen) atoms. The van der Waals surface area contributed by atoms with Gasteiger partial charge in [0, 0.05) is 22.6 Å². The summed E-state index contributed by atoms with van der Waals surface area (Å²) in [7, 11) is 0. The number of hydrazine groups is 1. The molecule has 2 unspecified atom stereocenters. The Morgan fingerprint density at radius 3 is 2.48 bits per heavy atom. The SMILES string of the molecule is CC1C(C(=O)NN2CCCCC2)=NN(c2ccccc2Cl)C1c1ccc(I)cc1. The van der Waals surface area contributed by atoms with Gasteiger partial charge < -0.3 is 0 Å². The number of halogens is 2. The van der Waals surface area contributed by atoms with Crippen molar-refractivity contribution >= 4 is 51.5 Å². The highest BCUT2D eigenvalue weighted by atomic mass is 127. The first-order valence-corrected chi connectivity index (χ1v) is 11.4. The van der Waals surface area contributed by atoms with Crippen molar-refractivity contribution in [3.05, 3.63) is 62.7 Å². The van der Waals surface area contributed by atoms with Crippen LogP contribution in [0.5, 0.6) is 0 Å². The highest BCUT2D eigenvalue weighted by Crippen LogP contribution is 2.41. The van der Waals surface area contributed by atoms with Gasteiger partial charge in [-0.3, -0.25) is 15.2 Å². The van der Waals surface area contributed by atoms with E-state index in [0.29, 0.717) is 10.7 Å². The molecule has 7 heteroatoms. The predicted molar refractivity (Wildman–Crippen MR) is 126 cm³/mol. The Kier molecular flexibility index (Phi) is 6.41. The van der Waals surface area contributed by atoms with Crippen LogP contribution in [0.25, 0.3) is 0 Å². The molecule has 1 N–H and O–H groups in total. The third-order valence-electron chi connectivity index (χ3n) is 5.54. The molecule has 2 atom stereocenters. The van der Waals surface area contributed by atoms with Crippen LogP contribution in [-0.4, -0.2) is 29.7 Å². The van der Waals surface area contributed by atoms with Crippen molar-refractivity contribution in [1.29, 1.82) is 0 Å². The van der Waals surface area contributed by atoms with Crippen LogP contribution < -0.4 is 10.4 Å². The predicted octanol–water partition coefficient (Wildman–Crippen LogP) is 5.02. The van der Waals surface area contributed by atoms with Gasteiger partial charge in [-0.2, -0.15) is 5.10 Å². The lowest BCUT2D eigenvalue weighted by atomic mass is 9.91. The summed E-state index contributed by atoms with van der Waals surface area (Å²) in [6.07, 6.45) is 3.44. The summed E-state index contributed by atoms with van der Waals surface area (Å²) in [4.78, 5) is 13.1. The Hall–Kier alpha value is -1.64. The molecule has 2 aliphatic rings. The van der Waals surface area contributed by atoms with Crippen molar-refractivity contribution in [3.8, 4) is 0 Å². The van der Waals surface area contributed by atoms with Gasteiger partial charge in [0.05, 0.1) is 16.8 Å². The molecule has 2 aromatic carbocycles. The van der Waals surface area contributed by atoms with E-state index in [2.05, 4.69) is 59.2 Å². The van der Waals surface area contributed by atoms with Crippen LogP contribution in [0.2, 0.25) is 5.02 Å². The van der Waals surface area contributed by atoms with Crippen molar-refractivity contribution in [2.24, 2.45) is 11.0 Å². The molecule has 0 radical (unpaired) electrons. The highest BCUT2D eigenvalue weighted by Gasteiger charge is 2.40. The van der Waals surface area contributed by atoms with Crippen LogP contribution in [-0.2, 0) is 4.79 Å². The fourth-order valence-corrected chi connectivity index (χ4v) is 4.60. The van der Waals surface area contributed by atoms with Gasteiger partial charge in [0.2, 0.25) is 0 Å². The molecule has 0 aliphatic carbocycles. The first-order chi connectivity index (χ1) is 14.0. The molecule has 152 valence electrons. The second-order valence-electron chi connectivity index (χ2n) is 7.55. The van der Waals surface area contributed by atoms with Gasteiger partial charge in [0.15, 0.2) is 0 Å². The second kappa shape index (κ2) is 9.02. The van der Waals surface area contributed by atoms with Gasteiger partial charge in [-0.05, 0) is 65.3 Å². The van der Waals surface area contributed by atoms with Crippen molar-refractivity contribution in [2.45, 2.75) is 32.2 Å². The Morgan fingerprint density at radius 1 is 1.10 bits per heavy atom. The molecule has 1 saturated heterocycles. The van der Waals surface area contributed by atoms with Crippen LogP contribution in [0.1, 0.15) is 37.8 Å². The lowest BCUT2D eigenvalue weighted by molar-refractivity contribution is -0.120. The van der Waals surface area contributed by atoms with Crippen molar-refractivity contribution in [2.75, 3.05) is 18.1 Å². The molecule has 0 bridgehead atoms. The van der Waals surface area contributed by atoms with Gasteiger partial charge in [-0.15, -0.1) is 0 Å². The van der Waals surface area contributed by atoms with Gasteiger partial charge in [-0.1, -0.05) is 49.2 Å². The molecule has 1 fully saturated rings. The van der Waals surface area contributed by atoms with Crippen molar-refractivity contribution < 1.29 is 4.79 Å². The van der Waals surface area contributed by atoms with Crippen molar-refractivity contribution in [1.82, 2.24) is 10.4 Å². The fraction of sp³-hybridized carbons (Fsp3) is 0.364. The molecule has 4 rings (SSSR count). The van der Waals surface area contributed by atoms with Crippen LogP contribution in [0.15, 0.2) is 53.6 Å². The maximum Gasteiger partial charge on any atom is 0.282 e. The van der Waals surface area contributed by atoms with E-state index in [1.54, 1.807) is 0 Å². The third kappa shape index (κ3) is 4.44. The molecule has 5 nitrogen and oxygen atoms in total. The molecule has 1 amide bonds. The zero-order chi connectivity index (χ0) is 20.4. The van der Waals surface area contributed by atoms with E-state index in [1.165, 1.54) is 9.99 Å². The number of hydrazone groups is 1. The van der Waals surface area contributed by atoms with E-state index in [4.69, 9.17) is 16.7 Å². The zero-order valence-electron chi connectivity index (χ0n) is 16.3. The Balaban J connectivity index is 1.66. The maximum atomic E-state index is 13.1. The topological polar surface area (TPSA) is 47.9 Å². The standard InChI is InChI=1S/C22H24ClIN4O/c1-15-20(22(29)26-27-13-5-2-6-14-27)25-28(19-8-4-3-7-18(19)23)21(15)16-9-11-17(24)12-10-16/h3-4,7-12,15,21H,2,5-6,13-14H2,1H3,(H,26,29). The summed E-state index contributed by atoms with van der Waals surface area (Å²) in [6.45, 7) is 3.85. The smallest absolute Gasteiger partial charge is 0.282 e. The number of piperidine rings is 1. The number of carbonyl (C=O) groups excluding carboxylic acids is 1. The van der Waals surface area contributed by atoms with E-state index in [0.717, 1.165) is 37.2 Å². The van der Waals surface area contributed by atoms with Gasteiger partial charge >= 0.3 is 0 Å². The zero-order valence-corrected chi connectivity index (χ0v) is 19.2. The monoisotopic (exact) mass is 522 g/mol. The number of hydrogen-bond donors (Lipinski definition) is 1. The quantitative estimate of drug-likeness (QED) is 0.574. The number of hydrogen-bond acceptors (Lipinski definition) is 4. The van der Waals surface area contributed by atoms with Crippen molar-refractivity contribution in [3.63, 3.8) is 0 Å². The number of carbonyl (C=O) groups is 1. The fourth-order valence-electron chi connectivity index (χ4n) is 4.02. The largest absolute Gasteiger partial charge is 0.284 e. The average molecular weight is 523 g/mol. The minimum Gasteiger partial charge on any atom is -0.284 e. The van der Waals surface area contributed by atoms with Crippen LogP contribution in [0, 0.1) is 9.49 Å². The number of nitrogens with one attached hydrogen (secondary N) is 1. The summed E-state index contributed by atoms with van der Waals surface area (Å²) in [5.74, 6) is -0.194. The van der Waals surface area contributed by atoms with Crippen LogP contribution in [0.3, 0.4) is 0 Å². The molecule has 0 saturated carbocycles. The van der Waals surface area contributed by atoms with E-state index in [9.17, 15) is 4.79 Å². The average Bonchev–Trinajstić information content (AvgIpc) is 3.07. The van der Waals surface area contributed by atoms with Gasteiger partial charge in [0.1, 0.15) is 5.71 Å². The molecule has 0 aromatic heterocycles. The minimum atomic E-state index is -0.121. The van der Waals surface area contributed by atoms with E-state index in [1.807, 2.05) is 34.3 Å². The number of benzene rings is 2. The maximum absolute atomic E-state index is 13.1. The van der Waals surface area contributed by atoms with E-state index >= 15 is 0 Å². The van der Waals surface area contributed by atoms with Crippen LogP contribution >= 0.6 is 34.2 Å². The van der Waals surface area contributed by atoms with Crippen LogP contribution in [0.4, 0.5) is 5.69 Å². The lowest BCUT2D eigenvalue weighted by Crippen LogP contribution is -2.48. The Bertz CT molecular complexity index is 911. The Morgan fingerprint density at radius 2 is 1.79 bits per heavy atom. The first kappa shape index (κ1) is 20.6. The lowest BCUT2D eigenvalue weighted by Gasteiger charge is -2.28.